The first-order chi connectivity index (χ1) is 6.84. The quantitative estimate of drug-likeness (QED) is 0.732. The minimum absolute atomic E-state index is 0. The summed E-state index contributed by atoms with van der Waals surface area (Å²) < 4.78 is 0. The maximum absolute atomic E-state index is 10.9. The van der Waals surface area contributed by atoms with Crippen molar-refractivity contribution in [1.82, 2.24) is 9.97 Å². The first-order valence-corrected chi connectivity index (χ1v) is 4.06. The van der Waals surface area contributed by atoms with Crippen LogP contribution in [0.3, 0.4) is 0 Å². The van der Waals surface area contributed by atoms with Crippen molar-refractivity contribution < 1.29 is 32.7 Å². The van der Waals surface area contributed by atoms with Gasteiger partial charge in [0.25, 0.3) is 0 Å². The average molecular weight is 274 g/mol. The van der Waals surface area contributed by atoms with Gasteiger partial charge < -0.3 is 16.0 Å². The van der Waals surface area contributed by atoms with Crippen LogP contribution in [0.25, 0.3) is 0 Å². The van der Waals surface area contributed by atoms with Gasteiger partial charge in [-0.05, 0) is 5.49 Å². The first-order valence-electron chi connectivity index (χ1n) is 4.06. The van der Waals surface area contributed by atoms with Crippen molar-refractivity contribution in [3.63, 3.8) is 0 Å². The first kappa shape index (κ1) is 12.1. The summed E-state index contributed by atoms with van der Waals surface area (Å²) in [5.74, 6) is 0. The Balaban J connectivity index is 0.00000112. The summed E-state index contributed by atoms with van der Waals surface area (Å²) in [7, 11) is 0. The summed E-state index contributed by atoms with van der Waals surface area (Å²) in [4.78, 5) is 19.9. The van der Waals surface area contributed by atoms with Crippen LogP contribution in [-0.4, -0.2) is 9.97 Å². The Morgan fingerprint density at radius 3 is 2.80 bits per heavy atom. The second-order valence-electron chi connectivity index (χ2n) is 2.60. The largest absolute Gasteiger partial charge is 0.410 e. The third-order valence-electron chi connectivity index (χ3n) is 1.57. The van der Waals surface area contributed by atoms with Gasteiger partial charge in [-0.15, -0.1) is 6.07 Å². The van der Waals surface area contributed by atoms with E-state index in [1.54, 1.807) is 12.1 Å². The molecule has 0 saturated heterocycles. The second-order valence-corrected chi connectivity index (χ2v) is 2.60. The molecule has 2 rings (SSSR count). The number of nitrogens with one attached hydrogen (secondary N) is 2. The molecule has 0 saturated carbocycles. The van der Waals surface area contributed by atoms with Crippen LogP contribution in [0.15, 0.2) is 40.2 Å². The fourth-order valence-electron chi connectivity index (χ4n) is 0.984. The number of hydrogen-bond acceptors (Lipinski definition) is 2. The molecule has 4 nitrogen and oxygen atoms in total. The number of aromatic amines is 2. The number of benzene rings is 1. The number of hydrogen-bond donors (Lipinski definition) is 2. The van der Waals surface area contributed by atoms with E-state index in [4.69, 9.17) is 0 Å². The summed E-state index contributed by atoms with van der Waals surface area (Å²) in [5.41, 5.74) is 0.736. The summed E-state index contributed by atoms with van der Waals surface area (Å²) in [6.45, 7) is 0. The Morgan fingerprint density at radius 1 is 1.27 bits per heavy atom. The van der Waals surface area contributed by atoms with E-state index in [0.717, 1.165) is 0 Å². The third kappa shape index (κ3) is 3.57. The molecule has 2 N–H and O–H groups in total. The maximum Gasteiger partial charge on any atom is 0.319 e. The van der Waals surface area contributed by atoms with Crippen LogP contribution >= 0.6 is 0 Å². The van der Waals surface area contributed by atoms with Crippen LogP contribution < -0.4 is 11.2 Å². The fraction of sp³-hybridized carbons (Fsp3) is 0. The zero-order valence-corrected chi connectivity index (χ0v) is 10.7. The predicted molar refractivity (Wildman–Crippen MR) is 50.8 cm³/mol. The van der Waals surface area contributed by atoms with Crippen molar-refractivity contribution in [3.8, 4) is 0 Å². The molecule has 0 aliphatic carbocycles. The Hall–Kier alpha value is -0.996. The topological polar surface area (TPSA) is 61.0 Å². The van der Waals surface area contributed by atoms with Gasteiger partial charge in [0.2, 0.25) is 0 Å². The molecule has 1 aromatic heterocycles. The molecule has 0 aliphatic heterocycles. The Labute approximate surface area is 111 Å². The van der Waals surface area contributed by atoms with E-state index in [0.29, 0.717) is 11.2 Å². The van der Waals surface area contributed by atoms with E-state index >= 15 is 0 Å². The fourth-order valence-corrected chi connectivity index (χ4v) is 0.984. The molecule has 0 fully saturated rings. The Bertz CT molecular complexity index is 530. The van der Waals surface area contributed by atoms with Crippen molar-refractivity contribution in [1.29, 1.82) is 0 Å². The van der Waals surface area contributed by atoms with Crippen LogP contribution in [0.2, 0.25) is 0 Å². The van der Waals surface area contributed by atoms with Gasteiger partial charge in [0.15, 0.2) is 0 Å². The minimum atomic E-state index is -0.307. The molecule has 73 valence electrons. The van der Waals surface area contributed by atoms with Crippen LogP contribution in [0.1, 0.15) is 0 Å². The van der Waals surface area contributed by atoms with E-state index in [9.17, 15) is 4.79 Å². The number of H-pyrrole nitrogens is 2. The van der Waals surface area contributed by atoms with Gasteiger partial charge in [0.1, 0.15) is 0 Å². The van der Waals surface area contributed by atoms with Crippen molar-refractivity contribution in [2.45, 2.75) is 0 Å². The average Bonchev–Trinajstić information content (AvgIpc) is 2.19. The van der Waals surface area contributed by atoms with Crippen LogP contribution in [0, 0.1) is 12.1 Å². The summed E-state index contributed by atoms with van der Waals surface area (Å²) in [5, 5.41) is 0. The van der Waals surface area contributed by atoms with E-state index in [1.807, 2.05) is 12.1 Å². The monoisotopic (exact) mass is 274 g/mol. The van der Waals surface area contributed by atoms with Crippen molar-refractivity contribution in [2.75, 3.05) is 0 Å². The van der Waals surface area contributed by atoms with Gasteiger partial charge in [-0.1, -0.05) is 5.69 Å². The van der Waals surface area contributed by atoms with E-state index in [1.165, 1.54) is 6.20 Å². The summed E-state index contributed by atoms with van der Waals surface area (Å²) >= 11 is 0. The van der Waals surface area contributed by atoms with Crippen LogP contribution in [-0.2, 0) is 32.7 Å². The number of aromatic nitrogens is 2. The molecule has 0 spiro atoms. The zero-order valence-electron chi connectivity index (χ0n) is 7.82. The molecule has 5 heteroatoms. The molecule has 1 radical (unpaired) electrons. The standard InChI is InChI=1S/C10H7N3O.Y/c14-10-11-7-6-9(13-10)12-8-4-2-1-3-5-8;/h1-4,7H,(H2,11,12,13,14);/q-2;. The molecular weight excluding hydrogens is 267 g/mol. The minimum Gasteiger partial charge on any atom is -0.410 e. The van der Waals surface area contributed by atoms with Gasteiger partial charge in [0.05, 0.1) is 0 Å². The van der Waals surface area contributed by atoms with Crippen LogP contribution in [0.5, 0.6) is 0 Å². The molecule has 0 amide bonds. The van der Waals surface area contributed by atoms with Crippen molar-refractivity contribution in [2.24, 2.45) is 4.99 Å². The molecule has 1 aromatic carbocycles. The number of nitrogens with zero attached hydrogens (tertiary/aromatic N) is 1. The van der Waals surface area contributed by atoms with Crippen molar-refractivity contribution in [3.05, 3.63) is 58.6 Å². The number of rotatable bonds is 1. The van der Waals surface area contributed by atoms with Gasteiger partial charge in [0, 0.05) is 32.7 Å². The molecular formula is C10H7N3OY-2. The zero-order chi connectivity index (χ0) is 9.80. The molecule has 2 aromatic rings. The van der Waals surface area contributed by atoms with Gasteiger partial charge >= 0.3 is 5.69 Å². The van der Waals surface area contributed by atoms with E-state index in [2.05, 4.69) is 27.1 Å². The SMILES string of the molecule is O=c1[nH]c[c-]c(=Nc2[c-]cccc2)[nH]1.[Y]. The van der Waals surface area contributed by atoms with E-state index in [-0.39, 0.29) is 38.4 Å². The van der Waals surface area contributed by atoms with Gasteiger partial charge in [-0.25, -0.2) is 4.79 Å². The molecule has 0 bridgehead atoms. The van der Waals surface area contributed by atoms with Gasteiger partial charge in [-0.2, -0.15) is 30.5 Å². The second kappa shape index (κ2) is 5.78. The van der Waals surface area contributed by atoms with Crippen molar-refractivity contribution >= 4 is 5.69 Å². The normalized spacial score (nSPS) is 10.8. The molecule has 0 aliphatic rings. The van der Waals surface area contributed by atoms with Crippen LogP contribution in [0.4, 0.5) is 5.69 Å². The number of para-hydroxylation sites is 1. The third-order valence-corrected chi connectivity index (χ3v) is 1.57. The smallest absolute Gasteiger partial charge is 0.319 e. The molecule has 0 unspecified atom stereocenters. The Kier molecular flexibility index (Phi) is 4.65. The molecule has 15 heavy (non-hydrogen) atoms. The molecule has 0 atom stereocenters. The van der Waals surface area contributed by atoms with Gasteiger partial charge in [-0.3, -0.25) is 4.99 Å². The van der Waals surface area contributed by atoms with E-state index < -0.39 is 0 Å². The summed E-state index contributed by atoms with van der Waals surface area (Å²) in [6, 6.07) is 12.9. The predicted octanol–water partition coefficient (Wildman–Crippen LogP) is 0.533. The summed E-state index contributed by atoms with van der Waals surface area (Å²) in [6.07, 6.45) is 1.42. The Morgan fingerprint density at radius 2 is 2.13 bits per heavy atom. The maximum atomic E-state index is 10.9. The molecule has 1 heterocycles.